The van der Waals surface area contributed by atoms with Gasteiger partial charge in [0.05, 0.1) is 11.3 Å². The number of rotatable bonds is 5. The predicted octanol–water partition coefficient (Wildman–Crippen LogP) is 6.17. The van der Waals surface area contributed by atoms with E-state index in [0.717, 1.165) is 29.5 Å². The maximum Gasteiger partial charge on any atom is 0.416 e. The fraction of sp³-hybridized carbons (Fsp3) is 0.0370. The lowest BCUT2D eigenvalue weighted by atomic mass is 10.1. The van der Waals surface area contributed by atoms with Gasteiger partial charge < -0.3 is 9.88 Å². The van der Waals surface area contributed by atoms with Crippen molar-refractivity contribution in [2.45, 2.75) is 6.18 Å². The summed E-state index contributed by atoms with van der Waals surface area (Å²) in [5.41, 5.74) is 2.77. The van der Waals surface area contributed by atoms with E-state index in [2.05, 4.69) is 15.3 Å². The van der Waals surface area contributed by atoms with Gasteiger partial charge in [-0.2, -0.15) is 13.2 Å². The van der Waals surface area contributed by atoms with Crippen molar-refractivity contribution >= 4 is 28.9 Å². The summed E-state index contributed by atoms with van der Waals surface area (Å²) in [5.74, 6) is -0.656. The number of carbonyl (C=O) groups is 2. The van der Waals surface area contributed by atoms with Gasteiger partial charge in [-0.3, -0.25) is 9.59 Å². The highest BCUT2D eigenvalue weighted by molar-refractivity contribution is 6.05. The van der Waals surface area contributed by atoms with E-state index in [-0.39, 0.29) is 5.56 Å². The van der Waals surface area contributed by atoms with E-state index in [1.165, 1.54) is 18.5 Å². The van der Waals surface area contributed by atoms with Gasteiger partial charge in [0, 0.05) is 39.6 Å². The molecular weight excluding hydrogens is 469 g/mol. The summed E-state index contributed by atoms with van der Waals surface area (Å²) < 4.78 is 40.9. The molecule has 0 fully saturated rings. The Bertz CT molecular complexity index is 1590. The van der Waals surface area contributed by atoms with Gasteiger partial charge in [0.15, 0.2) is 0 Å². The number of aldehydes is 1. The van der Waals surface area contributed by atoms with Crippen LogP contribution in [0.4, 0.5) is 18.9 Å². The highest BCUT2D eigenvalue weighted by Crippen LogP contribution is 2.31. The first-order valence-electron chi connectivity index (χ1n) is 10.8. The van der Waals surface area contributed by atoms with Crippen molar-refractivity contribution in [2.75, 3.05) is 5.32 Å². The van der Waals surface area contributed by atoms with E-state index in [9.17, 15) is 22.8 Å². The maximum atomic E-state index is 13.0. The minimum absolute atomic E-state index is 0.0997. The van der Waals surface area contributed by atoms with Gasteiger partial charge in [-0.1, -0.05) is 18.2 Å². The Morgan fingerprint density at radius 2 is 1.69 bits per heavy atom. The zero-order valence-corrected chi connectivity index (χ0v) is 18.5. The molecule has 0 bridgehead atoms. The first-order valence-corrected chi connectivity index (χ1v) is 10.8. The quantitative estimate of drug-likeness (QED) is 0.302. The number of aromatic nitrogens is 3. The number of alkyl halides is 3. The second-order valence-corrected chi connectivity index (χ2v) is 7.97. The SMILES string of the molecule is O=Cc1ccc(-n2ccc3c(-c4cccc(NC(=O)c5cccc(C(F)(F)F)c5)c4)ncnc32)cc1. The monoisotopic (exact) mass is 486 g/mol. The molecule has 1 N–H and O–H groups in total. The standard InChI is InChI=1S/C27H17F3N4O2/c28-27(29,30)20-5-1-4-19(13-20)26(36)33-21-6-2-3-18(14-21)24-23-11-12-34(25(23)32-16-31-24)22-9-7-17(15-35)8-10-22/h1-16H,(H,33,36). The molecule has 36 heavy (non-hydrogen) atoms. The molecular formula is C27H17F3N4O2. The number of halogens is 3. The van der Waals surface area contributed by atoms with Crippen molar-refractivity contribution < 1.29 is 22.8 Å². The van der Waals surface area contributed by atoms with Crippen LogP contribution in [0.1, 0.15) is 26.3 Å². The smallest absolute Gasteiger partial charge is 0.322 e. The molecule has 0 spiro atoms. The molecule has 178 valence electrons. The third kappa shape index (κ3) is 4.46. The summed E-state index contributed by atoms with van der Waals surface area (Å²) in [6, 6.07) is 20.1. The molecule has 0 saturated carbocycles. The van der Waals surface area contributed by atoms with Crippen LogP contribution in [0.15, 0.2) is 91.4 Å². The van der Waals surface area contributed by atoms with E-state index in [4.69, 9.17) is 0 Å². The molecule has 0 aliphatic heterocycles. The van der Waals surface area contributed by atoms with Gasteiger partial charge in [0.25, 0.3) is 5.91 Å². The zero-order valence-electron chi connectivity index (χ0n) is 18.5. The summed E-state index contributed by atoms with van der Waals surface area (Å²) in [5, 5.41) is 3.42. The molecule has 0 atom stereocenters. The van der Waals surface area contributed by atoms with Crippen molar-refractivity contribution in [3.63, 3.8) is 0 Å². The number of hydrogen-bond donors (Lipinski definition) is 1. The number of carbonyl (C=O) groups excluding carboxylic acids is 2. The minimum Gasteiger partial charge on any atom is -0.322 e. The van der Waals surface area contributed by atoms with E-state index in [1.54, 1.807) is 30.3 Å². The number of hydrogen-bond acceptors (Lipinski definition) is 4. The first-order chi connectivity index (χ1) is 17.3. The fourth-order valence-corrected chi connectivity index (χ4v) is 3.89. The second-order valence-electron chi connectivity index (χ2n) is 7.97. The van der Waals surface area contributed by atoms with E-state index < -0.39 is 17.6 Å². The van der Waals surface area contributed by atoms with Crippen LogP contribution < -0.4 is 5.32 Å². The third-order valence-corrected chi connectivity index (χ3v) is 5.63. The largest absolute Gasteiger partial charge is 0.416 e. The molecule has 2 aromatic heterocycles. The molecule has 0 saturated heterocycles. The van der Waals surface area contributed by atoms with Crippen LogP contribution in [0.3, 0.4) is 0 Å². The molecule has 5 aromatic rings. The Balaban J connectivity index is 1.45. The molecule has 0 radical (unpaired) electrons. The van der Waals surface area contributed by atoms with Crippen molar-refractivity contribution in [1.82, 2.24) is 14.5 Å². The van der Waals surface area contributed by atoms with E-state index >= 15 is 0 Å². The molecule has 5 rings (SSSR count). The second kappa shape index (κ2) is 9.10. The van der Waals surface area contributed by atoms with Gasteiger partial charge in [-0.25, -0.2) is 9.97 Å². The van der Waals surface area contributed by atoms with Crippen LogP contribution in [-0.4, -0.2) is 26.7 Å². The van der Waals surface area contributed by atoms with Gasteiger partial charge in [0.1, 0.15) is 18.3 Å². The van der Waals surface area contributed by atoms with Crippen molar-refractivity contribution in [1.29, 1.82) is 0 Å². The summed E-state index contributed by atoms with van der Waals surface area (Å²) in [6.45, 7) is 0. The van der Waals surface area contributed by atoms with Crippen LogP contribution in [0.2, 0.25) is 0 Å². The summed E-state index contributed by atoms with van der Waals surface area (Å²) in [6.07, 6.45) is -0.488. The molecule has 3 aromatic carbocycles. The summed E-state index contributed by atoms with van der Waals surface area (Å²) in [4.78, 5) is 32.4. The molecule has 9 heteroatoms. The van der Waals surface area contributed by atoms with Gasteiger partial charge in [-0.05, 0) is 60.7 Å². The lowest BCUT2D eigenvalue weighted by Crippen LogP contribution is -2.14. The summed E-state index contributed by atoms with van der Waals surface area (Å²) in [7, 11) is 0. The third-order valence-electron chi connectivity index (χ3n) is 5.63. The van der Waals surface area contributed by atoms with Crippen LogP contribution in [-0.2, 0) is 6.18 Å². The van der Waals surface area contributed by atoms with E-state index in [1.807, 2.05) is 35.0 Å². The molecule has 1 amide bonds. The molecule has 0 aliphatic carbocycles. The Labute approximate surface area is 203 Å². The first kappa shape index (κ1) is 23.0. The normalized spacial score (nSPS) is 11.4. The highest BCUT2D eigenvalue weighted by atomic mass is 19.4. The van der Waals surface area contributed by atoms with E-state index in [0.29, 0.717) is 28.2 Å². The average Bonchev–Trinajstić information content (AvgIpc) is 3.33. The number of amides is 1. The number of fused-ring (bicyclic) bond motifs is 1. The number of nitrogens with one attached hydrogen (secondary N) is 1. The number of anilines is 1. The van der Waals surface area contributed by atoms with Gasteiger partial charge in [0.2, 0.25) is 0 Å². The predicted molar refractivity (Wildman–Crippen MR) is 129 cm³/mol. The Morgan fingerprint density at radius 1 is 0.917 bits per heavy atom. The molecule has 6 nitrogen and oxygen atoms in total. The molecule has 0 aliphatic rings. The van der Waals surface area contributed by atoms with Gasteiger partial charge >= 0.3 is 6.18 Å². The Morgan fingerprint density at radius 3 is 2.44 bits per heavy atom. The molecule has 2 heterocycles. The maximum absolute atomic E-state index is 13.0. The Hall–Kier alpha value is -4.79. The molecule has 0 unspecified atom stereocenters. The lowest BCUT2D eigenvalue weighted by Gasteiger charge is -2.10. The minimum atomic E-state index is -4.54. The van der Waals surface area contributed by atoms with Crippen molar-refractivity contribution in [3.05, 3.63) is 108 Å². The van der Waals surface area contributed by atoms with Crippen LogP contribution >= 0.6 is 0 Å². The Kier molecular flexibility index (Phi) is 5.81. The van der Waals surface area contributed by atoms with Crippen LogP contribution in [0.5, 0.6) is 0 Å². The van der Waals surface area contributed by atoms with Crippen molar-refractivity contribution in [2.24, 2.45) is 0 Å². The fourth-order valence-electron chi connectivity index (χ4n) is 3.89. The van der Waals surface area contributed by atoms with Crippen LogP contribution in [0.25, 0.3) is 28.0 Å². The summed E-state index contributed by atoms with van der Waals surface area (Å²) >= 11 is 0. The topological polar surface area (TPSA) is 76.9 Å². The van der Waals surface area contributed by atoms with Crippen LogP contribution in [0, 0.1) is 0 Å². The lowest BCUT2D eigenvalue weighted by molar-refractivity contribution is -0.137. The number of nitrogens with zero attached hydrogens (tertiary/aromatic N) is 3. The zero-order chi connectivity index (χ0) is 25.3. The highest BCUT2D eigenvalue weighted by Gasteiger charge is 2.30. The van der Waals surface area contributed by atoms with Crippen molar-refractivity contribution in [3.8, 4) is 16.9 Å². The van der Waals surface area contributed by atoms with Gasteiger partial charge in [-0.15, -0.1) is 0 Å². The number of benzene rings is 3. The average molecular weight is 486 g/mol.